The third-order valence-electron chi connectivity index (χ3n) is 8.61. The fraction of sp³-hybridized carbons (Fsp3) is 0.560. The second-order valence-electron chi connectivity index (χ2n) is 10.5. The minimum Gasteiger partial charge on any atom is -0.506 e. The lowest BCUT2D eigenvalue weighted by Crippen LogP contribution is -2.56. The monoisotopic (exact) mass is 455 g/mol. The highest BCUT2D eigenvalue weighted by Gasteiger charge is 2.71. The van der Waals surface area contributed by atoms with Gasteiger partial charge >= 0.3 is 5.97 Å². The zero-order valence-electron chi connectivity index (χ0n) is 19.0. The van der Waals surface area contributed by atoms with Gasteiger partial charge in [-0.05, 0) is 62.1 Å². The van der Waals surface area contributed by atoms with E-state index >= 15 is 0 Å². The first kappa shape index (κ1) is 21.9. The van der Waals surface area contributed by atoms with E-state index in [0.29, 0.717) is 12.3 Å². The maximum absolute atomic E-state index is 13.1. The number of allylic oxidation sites excluding steroid dienone is 2. The molecular weight excluding hydrogens is 426 g/mol. The Bertz CT molecular complexity index is 1100. The van der Waals surface area contributed by atoms with Crippen LogP contribution in [0.1, 0.15) is 56.3 Å². The fourth-order valence-electron chi connectivity index (χ4n) is 7.19. The van der Waals surface area contributed by atoms with Crippen LogP contribution < -0.4 is 5.32 Å². The molecule has 6 atom stereocenters. The molecule has 1 amide bonds. The van der Waals surface area contributed by atoms with Gasteiger partial charge in [-0.25, -0.2) is 4.79 Å². The van der Waals surface area contributed by atoms with E-state index in [1.807, 2.05) is 6.92 Å². The molecule has 5 aliphatic rings. The molecule has 3 N–H and O–H groups in total. The van der Waals surface area contributed by atoms with Gasteiger partial charge < -0.3 is 25.0 Å². The van der Waals surface area contributed by atoms with Crippen molar-refractivity contribution in [1.29, 1.82) is 0 Å². The molecule has 3 aliphatic carbocycles. The fourth-order valence-corrected chi connectivity index (χ4v) is 7.19. The number of ketones is 1. The molecule has 6 rings (SSSR count). The third kappa shape index (κ3) is 3.03. The number of aromatic hydroxyl groups is 2. The molecule has 33 heavy (non-hydrogen) atoms. The van der Waals surface area contributed by atoms with E-state index in [1.54, 1.807) is 6.08 Å². The van der Waals surface area contributed by atoms with E-state index in [4.69, 9.17) is 4.74 Å². The van der Waals surface area contributed by atoms with Gasteiger partial charge in [0.2, 0.25) is 5.91 Å². The van der Waals surface area contributed by atoms with Crippen molar-refractivity contribution >= 4 is 23.3 Å². The van der Waals surface area contributed by atoms with Crippen molar-refractivity contribution in [3.05, 3.63) is 29.8 Å². The number of hydrogen-bond acceptors (Lipinski definition) is 7. The molecule has 1 aromatic carbocycles. The number of benzene rings is 1. The van der Waals surface area contributed by atoms with Crippen LogP contribution >= 0.6 is 0 Å². The zero-order chi connectivity index (χ0) is 23.8. The smallest absolute Gasteiger partial charge is 0.341 e. The van der Waals surface area contributed by atoms with Crippen LogP contribution in [0.15, 0.2) is 24.3 Å². The molecule has 176 valence electrons. The lowest BCUT2D eigenvalue weighted by molar-refractivity contribution is -0.169. The molecule has 2 saturated carbocycles. The molecular formula is C25H29NO7. The number of nitrogens with one attached hydrogen (secondary N) is 1. The lowest BCUT2D eigenvalue weighted by Gasteiger charge is -2.55. The summed E-state index contributed by atoms with van der Waals surface area (Å²) in [5.74, 6) is -1.67. The van der Waals surface area contributed by atoms with Gasteiger partial charge in [0.05, 0.1) is 18.8 Å². The summed E-state index contributed by atoms with van der Waals surface area (Å²) in [6.45, 7) is 4.11. The van der Waals surface area contributed by atoms with Crippen LogP contribution in [0.3, 0.4) is 0 Å². The molecule has 4 fully saturated rings. The van der Waals surface area contributed by atoms with Gasteiger partial charge in [0, 0.05) is 17.8 Å². The number of phenolic OH excluding ortho intramolecular Hbond substituents is 2. The van der Waals surface area contributed by atoms with Crippen LogP contribution in [-0.4, -0.2) is 46.7 Å². The summed E-state index contributed by atoms with van der Waals surface area (Å²) in [6, 6.07) is 2.41. The number of rotatable bonds is 5. The Balaban J connectivity index is 1.35. The normalized spacial score (nSPS) is 37.8. The summed E-state index contributed by atoms with van der Waals surface area (Å²) in [4.78, 5) is 37.7. The number of ether oxygens (including phenoxy) is 2. The Labute approximate surface area is 192 Å². The number of anilines is 1. The second kappa shape index (κ2) is 7.06. The predicted molar refractivity (Wildman–Crippen MR) is 118 cm³/mol. The molecule has 8 heteroatoms. The Morgan fingerprint density at radius 1 is 1.27 bits per heavy atom. The molecule has 2 aliphatic heterocycles. The van der Waals surface area contributed by atoms with Crippen LogP contribution in [0.2, 0.25) is 0 Å². The van der Waals surface area contributed by atoms with Gasteiger partial charge in [0.15, 0.2) is 11.5 Å². The molecule has 2 heterocycles. The summed E-state index contributed by atoms with van der Waals surface area (Å²) in [6.07, 6.45) is 7.00. The van der Waals surface area contributed by atoms with Crippen molar-refractivity contribution in [2.75, 3.05) is 12.4 Å². The molecule has 0 aromatic heterocycles. The van der Waals surface area contributed by atoms with Crippen LogP contribution in [0.4, 0.5) is 5.69 Å². The summed E-state index contributed by atoms with van der Waals surface area (Å²) in [7, 11) is 1.17. The maximum atomic E-state index is 13.1. The first-order chi connectivity index (χ1) is 15.5. The molecule has 2 saturated heterocycles. The van der Waals surface area contributed by atoms with E-state index in [1.165, 1.54) is 19.2 Å². The Morgan fingerprint density at radius 2 is 2.03 bits per heavy atom. The number of amides is 1. The zero-order valence-corrected chi connectivity index (χ0v) is 19.0. The molecule has 1 spiro atoms. The highest BCUT2D eigenvalue weighted by Crippen LogP contribution is 2.71. The minimum absolute atomic E-state index is 0.00635. The number of esters is 1. The molecule has 1 unspecified atom stereocenters. The quantitative estimate of drug-likeness (QED) is 0.460. The van der Waals surface area contributed by atoms with Crippen molar-refractivity contribution in [2.45, 2.75) is 57.7 Å². The van der Waals surface area contributed by atoms with Crippen LogP contribution in [0, 0.1) is 22.7 Å². The highest BCUT2D eigenvalue weighted by atomic mass is 16.5. The van der Waals surface area contributed by atoms with Crippen molar-refractivity contribution in [3.63, 3.8) is 0 Å². The van der Waals surface area contributed by atoms with Gasteiger partial charge in [0.1, 0.15) is 17.0 Å². The maximum Gasteiger partial charge on any atom is 0.341 e. The predicted octanol–water partition coefficient (Wildman–Crippen LogP) is 3.32. The number of phenols is 2. The van der Waals surface area contributed by atoms with E-state index in [0.717, 1.165) is 19.3 Å². The van der Waals surface area contributed by atoms with Crippen LogP contribution in [0.25, 0.3) is 0 Å². The van der Waals surface area contributed by atoms with Gasteiger partial charge in [-0.1, -0.05) is 13.0 Å². The van der Waals surface area contributed by atoms with Crippen molar-refractivity contribution in [1.82, 2.24) is 0 Å². The van der Waals surface area contributed by atoms with E-state index in [2.05, 4.69) is 23.1 Å². The van der Waals surface area contributed by atoms with Crippen molar-refractivity contribution in [2.24, 2.45) is 22.7 Å². The summed E-state index contributed by atoms with van der Waals surface area (Å²) < 4.78 is 11.0. The van der Waals surface area contributed by atoms with Gasteiger partial charge in [-0.3, -0.25) is 9.59 Å². The molecule has 4 bridgehead atoms. The minimum atomic E-state index is -0.792. The van der Waals surface area contributed by atoms with Gasteiger partial charge in [0.25, 0.3) is 0 Å². The Hall–Kier alpha value is -2.87. The Morgan fingerprint density at radius 3 is 2.73 bits per heavy atom. The molecule has 0 radical (unpaired) electrons. The summed E-state index contributed by atoms with van der Waals surface area (Å²) >= 11 is 0. The van der Waals surface area contributed by atoms with Gasteiger partial charge in [-0.2, -0.15) is 0 Å². The van der Waals surface area contributed by atoms with E-state index < -0.39 is 23.0 Å². The van der Waals surface area contributed by atoms with Crippen LogP contribution in [-0.2, 0) is 19.1 Å². The van der Waals surface area contributed by atoms with Gasteiger partial charge in [-0.15, -0.1) is 0 Å². The Kier molecular flexibility index (Phi) is 4.70. The average Bonchev–Trinajstić information content (AvgIpc) is 3.13. The van der Waals surface area contributed by atoms with E-state index in [-0.39, 0.29) is 52.2 Å². The third-order valence-corrected chi connectivity index (χ3v) is 8.61. The topological polar surface area (TPSA) is 122 Å². The number of hydrogen-bond donors (Lipinski definition) is 3. The van der Waals surface area contributed by atoms with E-state index in [9.17, 15) is 24.6 Å². The van der Waals surface area contributed by atoms with Crippen molar-refractivity contribution in [3.8, 4) is 11.5 Å². The molecule has 8 nitrogen and oxygen atoms in total. The van der Waals surface area contributed by atoms with Crippen molar-refractivity contribution < 1.29 is 34.1 Å². The summed E-state index contributed by atoms with van der Waals surface area (Å²) in [5, 5.41) is 23.0. The number of methoxy groups -OCH3 is 1. The second-order valence-corrected chi connectivity index (χ2v) is 10.5. The lowest BCUT2D eigenvalue weighted by atomic mass is 9.51. The molecule has 1 aromatic rings. The number of carbonyl (C=O) groups is 3. The van der Waals surface area contributed by atoms with Crippen LogP contribution in [0.5, 0.6) is 11.5 Å². The first-order valence-corrected chi connectivity index (χ1v) is 11.4. The number of carbonyl (C=O) groups excluding carboxylic acids is 3. The first-order valence-electron chi connectivity index (χ1n) is 11.4. The SMILES string of the molecule is COC(=O)c1ccc(O)c(NC(=O)CC[C@]2(C)C(=O)C=C[C@]34C[C@H]5C[C@H](O[C@@]5(C)C3)C42)c1O. The standard InChI is InChI=1S/C25H29NO7/c1-23(8-7-18(29)26-19-15(27)5-4-14(20(19)30)22(31)32-3)17(28)6-9-25-11-13-10-16(21(23)25)33-24(13,2)12-25/h4-6,9,13,16,21,27,30H,7-8,10-12H2,1-3H3,(H,26,29)/t13-,16+,21?,23-,24+,25+/m1/s1. The average molecular weight is 456 g/mol. The largest absolute Gasteiger partial charge is 0.506 e. The highest BCUT2D eigenvalue weighted by molar-refractivity contribution is 6.01. The summed E-state index contributed by atoms with van der Waals surface area (Å²) in [5.41, 5.74) is -1.36.